The van der Waals surface area contributed by atoms with Crippen molar-refractivity contribution >= 4 is 11.6 Å². The number of alkyl halides is 3. The highest BCUT2D eigenvalue weighted by molar-refractivity contribution is 5.99. The third-order valence-electron chi connectivity index (χ3n) is 4.81. The number of aryl methyl sites for hydroxylation is 1. The second-order valence-corrected chi connectivity index (χ2v) is 8.37. The van der Waals surface area contributed by atoms with Crippen molar-refractivity contribution < 1.29 is 32.5 Å². The van der Waals surface area contributed by atoms with E-state index in [0.717, 1.165) is 5.56 Å². The first-order chi connectivity index (χ1) is 14.4. The van der Waals surface area contributed by atoms with Gasteiger partial charge in [-0.05, 0) is 62.2 Å². The minimum absolute atomic E-state index is 0.140. The number of nitrogens with zero attached hydrogens (tertiary/aromatic N) is 1. The predicted molar refractivity (Wildman–Crippen MR) is 111 cm³/mol. The third-order valence-corrected chi connectivity index (χ3v) is 4.81. The molecule has 1 fully saturated rings. The molecule has 1 N–H and O–H groups in total. The van der Waals surface area contributed by atoms with Gasteiger partial charge in [-0.25, -0.2) is 0 Å². The van der Waals surface area contributed by atoms with Gasteiger partial charge in [-0.3, -0.25) is 4.79 Å². The van der Waals surface area contributed by atoms with Crippen LogP contribution in [0.15, 0.2) is 42.5 Å². The van der Waals surface area contributed by atoms with E-state index < -0.39 is 24.3 Å². The summed E-state index contributed by atoms with van der Waals surface area (Å²) in [5.41, 5.74) is 0.733. The molecule has 0 radical (unpaired) electrons. The SMILES string of the molecule is Cc1cc(N2CCC(Oc3ccc(CC(F)(F)F)cc3)C2=O)ccc1OCC(C)(C)O. The number of carbonyl (C=O) groups is 1. The van der Waals surface area contributed by atoms with Crippen LogP contribution in [0.5, 0.6) is 11.5 Å². The number of hydrogen-bond acceptors (Lipinski definition) is 4. The minimum atomic E-state index is -4.27. The van der Waals surface area contributed by atoms with Crippen molar-refractivity contribution in [1.29, 1.82) is 0 Å². The number of aliphatic hydroxyl groups is 1. The van der Waals surface area contributed by atoms with Gasteiger partial charge in [-0.2, -0.15) is 13.2 Å². The van der Waals surface area contributed by atoms with E-state index in [2.05, 4.69) is 0 Å². The zero-order valence-electron chi connectivity index (χ0n) is 17.7. The number of ether oxygens (including phenoxy) is 2. The molecule has 0 spiro atoms. The van der Waals surface area contributed by atoms with Crippen molar-refractivity contribution in [1.82, 2.24) is 0 Å². The van der Waals surface area contributed by atoms with Crippen molar-refractivity contribution in [3.63, 3.8) is 0 Å². The smallest absolute Gasteiger partial charge is 0.393 e. The zero-order valence-corrected chi connectivity index (χ0v) is 17.7. The Morgan fingerprint density at radius 1 is 1.13 bits per heavy atom. The lowest BCUT2D eigenvalue weighted by atomic mass is 10.1. The third kappa shape index (κ3) is 6.37. The monoisotopic (exact) mass is 437 g/mol. The van der Waals surface area contributed by atoms with Crippen molar-refractivity contribution in [2.45, 2.75) is 51.5 Å². The minimum Gasteiger partial charge on any atom is -0.490 e. The zero-order chi connectivity index (χ0) is 22.8. The van der Waals surface area contributed by atoms with Crippen LogP contribution in [-0.4, -0.2) is 42.0 Å². The Labute approximate surface area is 179 Å². The standard InChI is InChI=1S/C23H26F3NO4/c1-15-12-17(6-9-19(15)30-14-22(2,3)29)27-11-10-20(21(27)28)31-18-7-4-16(5-8-18)13-23(24,25)26/h4-9,12,20,29H,10-11,13-14H2,1-3H3. The highest BCUT2D eigenvalue weighted by atomic mass is 19.4. The lowest BCUT2D eigenvalue weighted by Gasteiger charge is -2.21. The number of amides is 1. The molecule has 1 aliphatic heterocycles. The van der Waals surface area contributed by atoms with Gasteiger partial charge in [0.15, 0.2) is 6.10 Å². The Balaban J connectivity index is 1.62. The molecule has 168 valence electrons. The van der Waals surface area contributed by atoms with Gasteiger partial charge in [0.05, 0.1) is 12.0 Å². The molecular weight excluding hydrogens is 411 g/mol. The van der Waals surface area contributed by atoms with Crippen molar-refractivity contribution in [3.05, 3.63) is 53.6 Å². The molecule has 3 rings (SSSR count). The Bertz CT molecular complexity index is 920. The highest BCUT2D eigenvalue weighted by Crippen LogP contribution is 2.30. The van der Waals surface area contributed by atoms with Crippen molar-refractivity contribution in [3.8, 4) is 11.5 Å². The Morgan fingerprint density at radius 3 is 2.39 bits per heavy atom. The van der Waals surface area contributed by atoms with E-state index in [1.165, 1.54) is 24.3 Å². The number of benzene rings is 2. The van der Waals surface area contributed by atoms with Gasteiger partial charge < -0.3 is 19.5 Å². The lowest BCUT2D eigenvalue weighted by molar-refractivity contribution is -0.127. The molecule has 0 saturated carbocycles. The summed E-state index contributed by atoms with van der Waals surface area (Å²) in [6, 6.07) is 11.0. The average Bonchev–Trinajstić information content (AvgIpc) is 3.01. The molecule has 1 amide bonds. The Morgan fingerprint density at radius 2 is 1.81 bits per heavy atom. The molecule has 1 atom stereocenters. The highest BCUT2D eigenvalue weighted by Gasteiger charge is 2.34. The van der Waals surface area contributed by atoms with E-state index in [0.29, 0.717) is 30.2 Å². The van der Waals surface area contributed by atoms with Crippen LogP contribution in [0, 0.1) is 6.92 Å². The molecule has 8 heteroatoms. The molecule has 31 heavy (non-hydrogen) atoms. The fourth-order valence-electron chi connectivity index (χ4n) is 3.32. The first kappa shape index (κ1) is 22.9. The molecule has 1 unspecified atom stereocenters. The fraction of sp³-hybridized carbons (Fsp3) is 0.435. The molecule has 0 bridgehead atoms. The number of halogens is 3. The molecule has 1 aliphatic rings. The van der Waals surface area contributed by atoms with Gasteiger partial charge >= 0.3 is 6.18 Å². The normalized spacial score (nSPS) is 17.2. The van der Waals surface area contributed by atoms with Gasteiger partial charge in [-0.1, -0.05) is 12.1 Å². The maximum Gasteiger partial charge on any atom is 0.393 e. The molecule has 0 aliphatic carbocycles. The largest absolute Gasteiger partial charge is 0.490 e. The summed E-state index contributed by atoms with van der Waals surface area (Å²) >= 11 is 0. The van der Waals surface area contributed by atoms with E-state index in [4.69, 9.17) is 9.47 Å². The quantitative estimate of drug-likeness (QED) is 0.696. The summed E-state index contributed by atoms with van der Waals surface area (Å²) in [7, 11) is 0. The molecular formula is C23H26F3NO4. The van der Waals surface area contributed by atoms with Crippen LogP contribution in [0.1, 0.15) is 31.4 Å². The second kappa shape index (κ2) is 8.78. The summed E-state index contributed by atoms with van der Waals surface area (Å²) in [6.45, 7) is 5.79. The van der Waals surface area contributed by atoms with Crippen LogP contribution in [0.25, 0.3) is 0 Å². The first-order valence-electron chi connectivity index (χ1n) is 10.0. The Kier molecular flexibility index (Phi) is 6.50. The molecule has 2 aromatic rings. The topological polar surface area (TPSA) is 59.0 Å². The van der Waals surface area contributed by atoms with Crippen LogP contribution in [-0.2, 0) is 11.2 Å². The number of carbonyl (C=O) groups excluding carboxylic acids is 1. The van der Waals surface area contributed by atoms with Crippen molar-refractivity contribution in [2.24, 2.45) is 0 Å². The Hall–Kier alpha value is -2.74. The molecule has 1 heterocycles. The van der Waals surface area contributed by atoms with Gasteiger partial charge in [0, 0.05) is 18.7 Å². The number of hydrogen-bond donors (Lipinski definition) is 1. The summed E-state index contributed by atoms with van der Waals surface area (Å²) < 4.78 is 48.8. The summed E-state index contributed by atoms with van der Waals surface area (Å²) in [5, 5.41) is 9.81. The van der Waals surface area contributed by atoms with Crippen LogP contribution < -0.4 is 14.4 Å². The molecule has 1 saturated heterocycles. The maximum atomic E-state index is 12.8. The number of anilines is 1. The fourth-order valence-corrected chi connectivity index (χ4v) is 3.32. The predicted octanol–water partition coefficient (Wildman–Crippen LogP) is 4.43. The van der Waals surface area contributed by atoms with E-state index in [9.17, 15) is 23.1 Å². The first-order valence-corrected chi connectivity index (χ1v) is 10.0. The van der Waals surface area contributed by atoms with E-state index in [1.807, 2.05) is 13.0 Å². The van der Waals surface area contributed by atoms with Gasteiger partial charge in [0.1, 0.15) is 18.1 Å². The van der Waals surface area contributed by atoms with E-state index >= 15 is 0 Å². The summed E-state index contributed by atoms with van der Waals surface area (Å²) in [6.07, 6.45) is -5.49. The van der Waals surface area contributed by atoms with Gasteiger partial charge in [0.25, 0.3) is 5.91 Å². The maximum absolute atomic E-state index is 12.8. The molecule has 0 aromatic heterocycles. The van der Waals surface area contributed by atoms with Crippen LogP contribution in [0.3, 0.4) is 0 Å². The van der Waals surface area contributed by atoms with Crippen LogP contribution in [0.2, 0.25) is 0 Å². The van der Waals surface area contributed by atoms with Gasteiger partial charge in [-0.15, -0.1) is 0 Å². The van der Waals surface area contributed by atoms with E-state index in [-0.39, 0.29) is 18.1 Å². The number of rotatable bonds is 7. The summed E-state index contributed by atoms with van der Waals surface area (Å²) in [5.74, 6) is 0.783. The average molecular weight is 437 g/mol. The van der Waals surface area contributed by atoms with E-state index in [1.54, 1.807) is 30.9 Å². The molecule has 2 aromatic carbocycles. The van der Waals surface area contributed by atoms with Crippen LogP contribution in [0.4, 0.5) is 18.9 Å². The van der Waals surface area contributed by atoms with Crippen LogP contribution >= 0.6 is 0 Å². The summed E-state index contributed by atoms with van der Waals surface area (Å²) in [4.78, 5) is 14.4. The second-order valence-electron chi connectivity index (χ2n) is 8.37. The lowest BCUT2D eigenvalue weighted by Crippen LogP contribution is -2.32. The van der Waals surface area contributed by atoms with Crippen molar-refractivity contribution in [2.75, 3.05) is 18.1 Å². The van der Waals surface area contributed by atoms with Gasteiger partial charge in [0.2, 0.25) is 0 Å². The molecule has 5 nitrogen and oxygen atoms in total.